The molecule has 1 aromatic rings. The molecule has 2 atom stereocenters. The SMILES string of the molecule is CC(NCCCNS(C)(=O)=O)C(C)n1cccn1. The normalized spacial score (nSPS) is 15.5. The molecule has 0 aliphatic carbocycles. The standard InChI is InChI=1S/C11H22N4O2S/c1-10(11(2)15-9-5-7-13-15)12-6-4-8-14-18(3,16)17/h5,7,9-12,14H,4,6,8H2,1-3H3. The van der Waals surface area contributed by atoms with Gasteiger partial charge < -0.3 is 5.32 Å². The fourth-order valence-electron chi connectivity index (χ4n) is 1.60. The second kappa shape index (κ2) is 6.86. The largest absolute Gasteiger partial charge is 0.312 e. The van der Waals surface area contributed by atoms with Crippen molar-refractivity contribution >= 4 is 10.0 Å². The molecule has 0 aliphatic heterocycles. The molecule has 0 spiro atoms. The van der Waals surface area contributed by atoms with Crippen LogP contribution in [0.15, 0.2) is 18.5 Å². The Labute approximate surface area is 109 Å². The van der Waals surface area contributed by atoms with Gasteiger partial charge in [-0.2, -0.15) is 5.10 Å². The Balaban J connectivity index is 2.19. The first kappa shape index (κ1) is 15.1. The summed E-state index contributed by atoms with van der Waals surface area (Å²) >= 11 is 0. The van der Waals surface area contributed by atoms with Crippen LogP contribution >= 0.6 is 0 Å². The van der Waals surface area contributed by atoms with Gasteiger partial charge in [0.1, 0.15) is 0 Å². The van der Waals surface area contributed by atoms with Crippen molar-refractivity contribution in [2.45, 2.75) is 32.4 Å². The van der Waals surface area contributed by atoms with E-state index in [-0.39, 0.29) is 12.1 Å². The van der Waals surface area contributed by atoms with E-state index in [2.05, 4.69) is 29.0 Å². The number of nitrogens with zero attached hydrogens (tertiary/aromatic N) is 2. The number of hydrogen-bond acceptors (Lipinski definition) is 4. The lowest BCUT2D eigenvalue weighted by Crippen LogP contribution is -2.36. The zero-order valence-corrected chi connectivity index (χ0v) is 11.9. The Kier molecular flexibility index (Phi) is 5.77. The third kappa shape index (κ3) is 5.61. The molecular weight excluding hydrogens is 252 g/mol. The van der Waals surface area contributed by atoms with Crippen LogP contribution in [0.1, 0.15) is 26.3 Å². The van der Waals surface area contributed by atoms with Gasteiger partial charge in [0.25, 0.3) is 0 Å². The molecule has 2 unspecified atom stereocenters. The Morgan fingerprint density at radius 3 is 2.61 bits per heavy atom. The van der Waals surface area contributed by atoms with Crippen LogP contribution in [0.5, 0.6) is 0 Å². The van der Waals surface area contributed by atoms with Crippen LogP contribution in [0.2, 0.25) is 0 Å². The fraction of sp³-hybridized carbons (Fsp3) is 0.727. The van der Waals surface area contributed by atoms with Crippen LogP contribution in [-0.4, -0.2) is 43.6 Å². The lowest BCUT2D eigenvalue weighted by Gasteiger charge is -2.21. The third-order valence-corrected chi connectivity index (χ3v) is 3.58. The van der Waals surface area contributed by atoms with E-state index in [0.717, 1.165) is 13.0 Å². The van der Waals surface area contributed by atoms with Gasteiger partial charge in [0.15, 0.2) is 0 Å². The zero-order chi connectivity index (χ0) is 13.6. The highest BCUT2D eigenvalue weighted by Gasteiger charge is 2.12. The molecule has 0 aromatic carbocycles. The second-order valence-electron chi connectivity index (χ2n) is 4.49. The van der Waals surface area contributed by atoms with Crippen LogP contribution in [-0.2, 0) is 10.0 Å². The number of sulfonamides is 1. The van der Waals surface area contributed by atoms with Crippen LogP contribution < -0.4 is 10.0 Å². The van der Waals surface area contributed by atoms with E-state index in [1.54, 1.807) is 6.20 Å². The molecule has 1 aromatic heterocycles. The summed E-state index contributed by atoms with van der Waals surface area (Å²) < 4.78 is 26.1. The molecule has 0 fully saturated rings. The quantitative estimate of drug-likeness (QED) is 0.671. The van der Waals surface area contributed by atoms with Gasteiger partial charge in [-0.3, -0.25) is 4.68 Å². The van der Waals surface area contributed by atoms with E-state index in [9.17, 15) is 8.42 Å². The highest BCUT2D eigenvalue weighted by Crippen LogP contribution is 2.08. The van der Waals surface area contributed by atoms with Crippen LogP contribution in [0.25, 0.3) is 0 Å². The van der Waals surface area contributed by atoms with E-state index in [4.69, 9.17) is 0 Å². The van der Waals surface area contributed by atoms with Crippen molar-refractivity contribution in [1.82, 2.24) is 19.8 Å². The molecule has 0 saturated carbocycles. The predicted molar refractivity (Wildman–Crippen MR) is 71.9 cm³/mol. The van der Waals surface area contributed by atoms with Gasteiger partial charge in [-0.15, -0.1) is 0 Å². The summed E-state index contributed by atoms with van der Waals surface area (Å²) in [7, 11) is -3.07. The summed E-state index contributed by atoms with van der Waals surface area (Å²) in [6.45, 7) is 5.43. The van der Waals surface area contributed by atoms with Crippen LogP contribution in [0.4, 0.5) is 0 Å². The second-order valence-corrected chi connectivity index (χ2v) is 6.32. The van der Waals surface area contributed by atoms with Crippen molar-refractivity contribution in [2.75, 3.05) is 19.3 Å². The number of rotatable bonds is 8. The minimum atomic E-state index is -3.07. The van der Waals surface area contributed by atoms with Crippen molar-refractivity contribution in [3.8, 4) is 0 Å². The highest BCUT2D eigenvalue weighted by atomic mass is 32.2. The topological polar surface area (TPSA) is 76.0 Å². The molecule has 104 valence electrons. The van der Waals surface area contributed by atoms with Crippen molar-refractivity contribution in [3.05, 3.63) is 18.5 Å². The third-order valence-electron chi connectivity index (χ3n) is 2.85. The smallest absolute Gasteiger partial charge is 0.208 e. The highest BCUT2D eigenvalue weighted by molar-refractivity contribution is 7.88. The summed E-state index contributed by atoms with van der Waals surface area (Å²) in [5, 5.41) is 7.56. The first-order valence-corrected chi connectivity index (χ1v) is 7.96. The summed E-state index contributed by atoms with van der Waals surface area (Å²) in [6, 6.07) is 2.45. The van der Waals surface area contributed by atoms with E-state index in [1.807, 2.05) is 16.9 Å². The Morgan fingerprint density at radius 2 is 2.06 bits per heavy atom. The van der Waals surface area contributed by atoms with E-state index >= 15 is 0 Å². The Bertz CT molecular complexity index is 430. The summed E-state index contributed by atoms with van der Waals surface area (Å²) in [5.41, 5.74) is 0. The summed E-state index contributed by atoms with van der Waals surface area (Å²) in [6.07, 6.45) is 5.64. The van der Waals surface area contributed by atoms with Gasteiger partial charge in [-0.25, -0.2) is 13.1 Å². The molecule has 0 radical (unpaired) electrons. The molecular formula is C11H22N4O2S. The summed E-state index contributed by atoms with van der Waals surface area (Å²) in [5.74, 6) is 0. The molecule has 1 heterocycles. The molecule has 6 nitrogen and oxygen atoms in total. The van der Waals surface area contributed by atoms with Crippen molar-refractivity contribution < 1.29 is 8.42 Å². The molecule has 1 rings (SSSR count). The minimum Gasteiger partial charge on any atom is -0.312 e. The van der Waals surface area contributed by atoms with Crippen LogP contribution in [0, 0.1) is 0 Å². The maximum Gasteiger partial charge on any atom is 0.208 e. The van der Waals surface area contributed by atoms with Gasteiger partial charge in [0.2, 0.25) is 10.0 Å². The van der Waals surface area contributed by atoms with Crippen LogP contribution in [0.3, 0.4) is 0 Å². The van der Waals surface area contributed by atoms with Crippen molar-refractivity contribution in [2.24, 2.45) is 0 Å². The first-order chi connectivity index (χ1) is 8.40. The maximum absolute atomic E-state index is 10.8. The number of hydrogen-bond donors (Lipinski definition) is 2. The van der Waals surface area contributed by atoms with Crippen molar-refractivity contribution in [1.29, 1.82) is 0 Å². The summed E-state index contributed by atoms with van der Waals surface area (Å²) in [4.78, 5) is 0. The lowest BCUT2D eigenvalue weighted by molar-refractivity contribution is 0.365. The average molecular weight is 274 g/mol. The average Bonchev–Trinajstić information content (AvgIpc) is 2.79. The molecule has 2 N–H and O–H groups in total. The van der Waals surface area contributed by atoms with E-state index in [1.165, 1.54) is 6.26 Å². The Hall–Kier alpha value is -0.920. The van der Waals surface area contributed by atoms with E-state index < -0.39 is 10.0 Å². The van der Waals surface area contributed by atoms with Crippen molar-refractivity contribution in [3.63, 3.8) is 0 Å². The van der Waals surface area contributed by atoms with Gasteiger partial charge in [0, 0.05) is 25.0 Å². The van der Waals surface area contributed by atoms with Gasteiger partial charge in [-0.1, -0.05) is 0 Å². The molecule has 0 bridgehead atoms. The number of nitrogens with one attached hydrogen (secondary N) is 2. The van der Waals surface area contributed by atoms with Gasteiger partial charge >= 0.3 is 0 Å². The van der Waals surface area contributed by atoms with Gasteiger partial charge in [-0.05, 0) is 32.9 Å². The Morgan fingerprint density at radius 1 is 1.33 bits per heavy atom. The minimum absolute atomic E-state index is 0.267. The molecule has 0 amide bonds. The maximum atomic E-state index is 10.8. The molecule has 18 heavy (non-hydrogen) atoms. The molecule has 0 aliphatic rings. The zero-order valence-electron chi connectivity index (χ0n) is 11.1. The number of aromatic nitrogens is 2. The monoisotopic (exact) mass is 274 g/mol. The lowest BCUT2D eigenvalue weighted by atomic mass is 10.1. The first-order valence-electron chi connectivity index (χ1n) is 6.07. The van der Waals surface area contributed by atoms with E-state index in [0.29, 0.717) is 6.54 Å². The molecule has 0 saturated heterocycles. The predicted octanol–water partition coefficient (Wildman–Crippen LogP) is 0.362. The fourth-order valence-corrected chi connectivity index (χ4v) is 2.11. The van der Waals surface area contributed by atoms with Gasteiger partial charge in [0.05, 0.1) is 12.3 Å². The molecule has 7 heteroatoms.